The summed E-state index contributed by atoms with van der Waals surface area (Å²) in [5, 5.41) is 9.38. The van der Waals surface area contributed by atoms with E-state index in [1.807, 2.05) is 24.3 Å². The smallest absolute Gasteiger partial charge is 0.261 e. The van der Waals surface area contributed by atoms with Crippen molar-refractivity contribution in [3.63, 3.8) is 0 Å². The highest BCUT2D eigenvalue weighted by molar-refractivity contribution is 6.99. The maximum Gasteiger partial charge on any atom is 0.261 e. The number of amides is 1. The van der Waals surface area contributed by atoms with Crippen LogP contribution in [0.15, 0.2) is 170 Å². The van der Waals surface area contributed by atoms with E-state index in [0.717, 1.165) is 30.6 Å². The third kappa shape index (κ3) is 9.06. The van der Waals surface area contributed by atoms with Gasteiger partial charge in [0, 0.05) is 5.69 Å². The first-order chi connectivity index (χ1) is 26.6. The maximum absolute atomic E-state index is 13.2. The Morgan fingerprint density at radius 1 is 0.636 bits per heavy atom. The van der Waals surface area contributed by atoms with Crippen molar-refractivity contribution < 1.29 is 9.22 Å². The van der Waals surface area contributed by atoms with Gasteiger partial charge in [0.1, 0.15) is 0 Å². The van der Waals surface area contributed by atoms with Gasteiger partial charge < -0.3 is 15.5 Å². The van der Waals surface area contributed by atoms with Crippen molar-refractivity contribution in [2.75, 3.05) is 11.9 Å². The first kappa shape index (κ1) is 39.6. The summed E-state index contributed by atoms with van der Waals surface area (Å²) in [5.41, 5.74) is 12.5. The summed E-state index contributed by atoms with van der Waals surface area (Å²) in [4.78, 5) is 13.2. The van der Waals surface area contributed by atoms with Gasteiger partial charge >= 0.3 is 0 Å². The molecule has 0 aliphatic rings. The molecule has 0 aromatic heterocycles. The molecule has 0 saturated heterocycles. The predicted molar refractivity (Wildman–Crippen MR) is 231 cm³/mol. The van der Waals surface area contributed by atoms with Crippen LogP contribution in [0.4, 0.5) is 5.69 Å². The molecule has 6 rings (SSSR count). The third-order valence-electron chi connectivity index (χ3n) is 10.7. The van der Waals surface area contributed by atoms with Gasteiger partial charge in [-0.25, -0.2) is 0 Å². The lowest BCUT2D eigenvalue weighted by Crippen LogP contribution is -2.66. The number of carbonyl (C=O) groups excluding carboxylic acids is 1. The first-order valence-electron chi connectivity index (χ1n) is 19.5. The highest BCUT2D eigenvalue weighted by Gasteiger charge is 2.50. The lowest BCUT2D eigenvalue weighted by Gasteiger charge is -2.43. The van der Waals surface area contributed by atoms with Crippen molar-refractivity contribution in [1.82, 2.24) is 5.32 Å². The van der Waals surface area contributed by atoms with Crippen molar-refractivity contribution in [2.24, 2.45) is 5.73 Å². The van der Waals surface area contributed by atoms with E-state index in [1.165, 1.54) is 32.6 Å². The number of unbranched alkanes of at least 4 members (excludes halogenated alkanes) is 1. The summed E-state index contributed by atoms with van der Waals surface area (Å²) in [6.45, 7) is 10.2. The van der Waals surface area contributed by atoms with E-state index in [0.29, 0.717) is 13.0 Å². The van der Waals surface area contributed by atoms with E-state index >= 15 is 0 Å². The molecule has 0 radical (unpaired) electrons. The second kappa shape index (κ2) is 18.0. The van der Waals surface area contributed by atoms with E-state index in [4.69, 9.17) is 10.2 Å². The topological polar surface area (TPSA) is 76.4 Å². The largest absolute Gasteiger partial charge is 0.403 e. The molecule has 6 aromatic rings. The summed E-state index contributed by atoms with van der Waals surface area (Å²) in [5.74, 6) is -0.174. The monoisotopic (exact) mass is 745 g/mol. The minimum atomic E-state index is -2.66. The Kier molecular flexibility index (Phi) is 13.0. The number of hydrogen-bond donors (Lipinski definition) is 3. The Morgan fingerprint density at radius 3 is 1.60 bits per heavy atom. The molecule has 1 amide bonds. The van der Waals surface area contributed by atoms with Crippen molar-refractivity contribution in [1.29, 1.82) is 0 Å². The molecule has 0 fully saturated rings. The number of nitrogens with two attached hydrogens (primary N) is 1. The summed E-state index contributed by atoms with van der Waals surface area (Å²) in [6.07, 6.45) is 2.27. The fourth-order valence-electron chi connectivity index (χ4n) is 7.75. The highest BCUT2D eigenvalue weighted by atomic mass is 28.4. The number of nitrogens with one attached hydrogen (secondary N) is 2. The minimum Gasteiger partial charge on any atom is -0.403 e. The second-order valence-corrected chi connectivity index (χ2v) is 19.8. The molecule has 4 N–H and O–H groups in total. The molecule has 0 aliphatic heterocycles. The van der Waals surface area contributed by atoms with E-state index in [2.05, 4.69) is 184 Å². The molecule has 0 heterocycles. The summed E-state index contributed by atoms with van der Waals surface area (Å²) in [6, 6.07) is 58.7. The first-order valence-corrected chi connectivity index (χ1v) is 21.4. The van der Waals surface area contributed by atoms with Crippen molar-refractivity contribution in [3.05, 3.63) is 198 Å². The van der Waals surface area contributed by atoms with Crippen LogP contribution in [-0.4, -0.2) is 26.8 Å². The van der Waals surface area contributed by atoms with E-state index in [-0.39, 0.29) is 10.9 Å². The second-order valence-electron chi connectivity index (χ2n) is 15.5. The Balaban J connectivity index is 1.06. The number of aryl methyl sites for hydroxylation is 1. The average Bonchev–Trinajstić information content (AvgIpc) is 3.21. The Morgan fingerprint density at radius 2 is 1.11 bits per heavy atom. The SMILES string of the molecule is Cc1ccc(C(NCCCC[C@H](N)C(=O)Nc2ccc(CO[Si](c3ccccc3)(c3ccccc3)C(C)(C)C)cc2)(c2ccccc2)c2ccccc2)cc1. The Hall–Kier alpha value is -5.11. The van der Waals surface area contributed by atoms with Crippen LogP contribution in [0.3, 0.4) is 0 Å². The summed E-state index contributed by atoms with van der Waals surface area (Å²) >= 11 is 0. The van der Waals surface area contributed by atoms with E-state index in [9.17, 15) is 4.79 Å². The molecule has 1 atom stereocenters. The summed E-state index contributed by atoms with van der Waals surface area (Å²) in [7, 11) is -2.66. The minimum absolute atomic E-state index is 0.107. The fraction of sp³-hybridized carbons (Fsp3) is 0.245. The average molecular weight is 746 g/mol. The molecular weight excluding hydrogens is 691 g/mol. The Bertz CT molecular complexity index is 1990. The zero-order valence-electron chi connectivity index (χ0n) is 32.7. The molecular formula is C49H55N3O2Si. The van der Waals surface area contributed by atoms with Gasteiger partial charge in [0.15, 0.2) is 0 Å². The lowest BCUT2D eigenvalue weighted by atomic mass is 9.76. The van der Waals surface area contributed by atoms with Gasteiger partial charge in [0.2, 0.25) is 5.91 Å². The van der Waals surface area contributed by atoms with Crippen LogP contribution in [0.25, 0.3) is 0 Å². The van der Waals surface area contributed by atoms with E-state index < -0.39 is 19.9 Å². The molecule has 0 unspecified atom stereocenters. The molecule has 5 nitrogen and oxygen atoms in total. The number of hydrogen-bond acceptors (Lipinski definition) is 4. The summed E-state index contributed by atoms with van der Waals surface area (Å²) < 4.78 is 7.10. The zero-order valence-corrected chi connectivity index (χ0v) is 33.7. The molecule has 0 bridgehead atoms. The number of carbonyl (C=O) groups is 1. The van der Waals surface area contributed by atoms with Crippen LogP contribution < -0.4 is 26.7 Å². The van der Waals surface area contributed by atoms with Gasteiger partial charge in [-0.15, -0.1) is 0 Å². The van der Waals surface area contributed by atoms with Gasteiger partial charge in [-0.05, 0) is 76.1 Å². The number of rotatable bonds is 16. The quantitative estimate of drug-likeness (QED) is 0.0525. The van der Waals surface area contributed by atoms with Crippen molar-refractivity contribution in [3.8, 4) is 0 Å². The van der Waals surface area contributed by atoms with Gasteiger partial charge in [-0.3, -0.25) is 10.1 Å². The Labute approximate surface area is 329 Å². The normalized spacial score (nSPS) is 12.6. The molecule has 6 heteroatoms. The van der Waals surface area contributed by atoms with Crippen LogP contribution in [0, 0.1) is 6.92 Å². The van der Waals surface area contributed by atoms with Crippen LogP contribution >= 0.6 is 0 Å². The van der Waals surface area contributed by atoms with Crippen molar-refractivity contribution in [2.45, 2.75) is 70.2 Å². The van der Waals surface area contributed by atoms with Gasteiger partial charge in [0.25, 0.3) is 8.32 Å². The molecule has 282 valence electrons. The van der Waals surface area contributed by atoms with Gasteiger partial charge in [0.05, 0.1) is 18.2 Å². The van der Waals surface area contributed by atoms with Crippen LogP contribution in [0.2, 0.25) is 5.04 Å². The van der Waals surface area contributed by atoms with Crippen LogP contribution in [0.1, 0.15) is 67.9 Å². The molecule has 0 saturated carbocycles. The molecule has 55 heavy (non-hydrogen) atoms. The van der Waals surface area contributed by atoms with E-state index in [1.54, 1.807) is 0 Å². The van der Waals surface area contributed by atoms with Crippen LogP contribution in [0.5, 0.6) is 0 Å². The fourth-order valence-corrected chi connectivity index (χ4v) is 12.3. The number of benzene rings is 6. The van der Waals surface area contributed by atoms with Gasteiger partial charge in [-0.1, -0.05) is 190 Å². The van der Waals surface area contributed by atoms with Crippen molar-refractivity contribution >= 4 is 30.3 Å². The molecule has 6 aromatic carbocycles. The third-order valence-corrected chi connectivity index (χ3v) is 15.6. The standard InChI is InChI=1S/C49H55N3O2Si/c1-38-28-32-42(33-29-38)49(40-19-9-5-10-20-40,41-21-11-6-12-22-41)51-36-18-17-27-46(50)47(53)52-43-34-30-39(31-35-43)37-54-55(48(2,3)4,44-23-13-7-14-24-44)45-25-15-8-16-26-45/h5-16,19-26,28-35,46,51H,17-18,27,36-37,50H2,1-4H3,(H,52,53)/t46-/m0/s1. The molecule has 0 spiro atoms. The number of anilines is 1. The maximum atomic E-state index is 13.2. The zero-order chi connectivity index (χ0) is 38.7. The van der Waals surface area contributed by atoms with Gasteiger partial charge in [-0.2, -0.15) is 0 Å². The highest BCUT2D eigenvalue weighted by Crippen LogP contribution is 2.38. The lowest BCUT2D eigenvalue weighted by molar-refractivity contribution is -0.117. The molecule has 0 aliphatic carbocycles. The van der Waals surface area contributed by atoms with Crippen LogP contribution in [-0.2, 0) is 21.4 Å². The predicted octanol–water partition coefficient (Wildman–Crippen LogP) is 9.09.